The van der Waals surface area contributed by atoms with Gasteiger partial charge in [-0.1, -0.05) is 33.6 Å². The normalized spacial score (nSPS) is 16.5. The monoisotopic (exact) mass is 316 g/mol. The van der Waals surface area contributed by atoms with E-state index in [0.717, 1.165) is 10.0 Å². The van der Waals surface area contributed by atoms with Gasteiger partial charge in [-0.3, -0.25) is 19.8 Å². The van der Waals surface area contributed by atoms with Crippen molar-refractivity contribution in [3.8, 4) is 0 Å². The van der Waals surface area contributed by atoms with Gasteiger partial charge in [-0.2, -0.15) is 0 Å². The van der Waals surface area contributed by atoms with E-state index in [1.165, 1.54) is 4.90 Å². The molecule has 1 aliphatic rings. The maximum Gasteiger partial charge on any atom is 0.243 e. The van der Waals surface area contributed by atoms with E-state index in [9.17, 15) is 9.59 Å². The van der Waals surface area contributed by atoms with Crippen LogP contribution in [0.15, 0.2) is 22.7 Å². The van der Waals surface area contributed by atoms with Gasteiger partial charge in [0.15, 0.2) is 0 Å². The van der Waals surface area contributed by atoms with E-state index >= 15 is 0 Å². The summed E-state index contributed by atoms with van der Waals surface area (Å²) in [6.07, 6.45) is 0. The predicted molar refractivity (Wildman–Crippen MR) is 67.6 cm³/mol. The maximum atomic E-state index is 11.6. The number of nitrogens with one attached hydrogen (secondary N) is 1. The number of nitrogens with zero attached hydrogens (tertiary/aromatic N) is 1. The van der Waals surface area contributed by atoms with Crippen molar-refractivity contribution < 1.29 is 9.59 Å². The van der Waals surface area contributed by atoms with Gasteiger partial charge in [0.1, 0.15) is 0 Å². The van der Waals surface area contributed by atoms with E-state index in [1.54, 1.807) is 12.1 Å². The van der Waals surface area contributed by atoms with Crippen molar-refractivity contribution in [3.05, 3.63) is 33.3 Å². The Hall–Kier alpha value is -0.910. The smallest absolute Gasteiger partial charge is 0.243 e. The number of amides is 2. The molecule has 0 aromatic heterocycles. The number of carbonyl (C=O) groups is 2. The summed E-state index contributed by atoms with van der Waals surface area (Å²) < 4.78 is 0.865. The first-order valence-corrected chi connectivity index (χ1v) is 6.23. The summed E-state index contributed by atoms with van der Waals surface area (Å²) in [5.41, 5.74) is 0.762. The number of piperazine rings is 1. The van der Waals surface area contributed by atoms with Gasteiger partial charge in [0.2, 0.25) is 11.8 Å². The van der Waals surface area contributed by atoms with Crippen molar-refractivity contribution in [1.29, 1.82) is 0 Å². The maximum absolute atomic E-state index is 11.6. The number of rotatable bonds is 2. The van der Waals surface area contributed by atoms with Crippen molar-refractivity contribution in [1.82, 2.24) is 10.2 Å². The molecule has 0 radical (unpaired) electrons. The molecule has 90 valence electrons. The van der Waals surface area contributed by atoms with Crippen LogP contribution in [0.2, 0.25) is 5.02 Å². The van der Waals surface area contributed by atoms with Crippen LogP contribution in [0.3, 0.4) is 0 Å². The van der Waals surface area contributed by atoms with Gasteiger partial charge >= 0.3 is 0 Å². The van der Waals surface area contributed by atoms with Gasteiger partial charge in [0.25, 0.3) is 0 Å². The predicted octanol–water partition coefficient (Wildman–Crippen LogP) is 1.56. The van der Waals surface area contributed by atoms with E-state index in [2.05, 4.69) is 21.2 Å². The minimum Gasteiger partial charge on any atom is -0.300 e. The van der Waals surface area contributed by atoms with Gasteiger partial charge in [0.05, 0.1) is 19.6 Å². The average molecular weight is 318 g/mol. The van der Waals surface area contributed by atoms with E-state index in [1.807, 2.05) is 6.07 Å². The van der Waals surface area contributed by atoms with Crippen LogP contribution in [0.5, 0.6) is 0 Å². The van der Waals surface area contributed by atoms with Gasteiger partial charge in [-0.05, 0) is 17.7 Å². The highest BCUT2D eigenvalue weighted by Gasteiger charge is 2.25. The highest BCUT2D eigenvalue weighted by Crippen LogP contribution is 2.22. The summed E-state index contributed by atoms with van der Waals surface area (Å²) in [6, 6.07) is 5.38. The molecule has 1 aromatic carbocycles. The fourth-order valence-electron chi connectivity index (χ4n) is 1.60. The quantitative estimate of drug-likeness (QED) is 0.842. The zero-order valence-electron chi connectivity index (χ0n) is 8.87. The lowest BCUT2D eigenvalue weighted by Crippen LogP contribution is -2.51. The molecule has 1 heterocycles. The Morgan fingerprint density at radius 1 is 1.29 bits per heavy atom. The third-order valence-electron chi connectivity index (χ3n) is 2.50. The number of hydrogen-bond donors (Lipinski definition) is 1. The molecule has 0 aliphatic carbocycles. The van der Waals surface area contributed by atoms with Crippen molar-refractivity contribution >= 4 is 39.3 Å². The molecule has 1 fully saturated rings. The van der Waals surface area contributed by atoms with E-state index in [0.29, 0.717) is 5.02 Å². The number of imide groups is 1. The van der Waals surface area contributed by atoms with Gasteiger partial charge in [-0.25, -0.2) is 0 Å². The van der Waals surface area contributed by atoms with Crippen molar-refractivity contribution in [2.24, 2.45) is 0 Å². The van der Waals surface area contributed by atoms with Crippen LogP contribution in [0.4, 0.5) is 0 Å². The zero-order chi connectivity index (χ0) is 12.4. The molecule has 1 saturated heterocycles. The molecule has 1 N–H and O–H groups in total. The first-order valence-electron chi connectivity index (χ1n) is 5.06. The molecule has 2 rings (SSSR count). The second-order valence-electron chi connectivity index (χ2n) is 3.71. The molecule has 17 heavy (non-hydrogen) atoms. The largest absolute Gasteiger partial charge is 0.300 e. The van der Waals surface area contributed by atoms with Crippen LogP contribution in [0, 0.1) is 0 Å². The molecule has 0 atom stereocenters. The minimum absolute atomic E-state index is 0.194. The summed E-state index contributed by atoms with van der Waals surface area (Å²) in [6.45, 7) is 0.616. The van der Waals surface area contributed by atoms with Crippen LogP contribution in [0.1, 0.15) is 5.56 Å². The zero-order valence-corrected chi connectivity index (χ0v) is 11.2. The first kappa shape index (κ1) is 12.5. The molecule has 1 aliphatic heterocycles. The first-order chi connectivity index (χ1) is 8.08. The van der Waals surface area contributed by atoms with Crippen LogP contribution in [-0.4, -0.2) is 29.8 Å². The molecule has 4 nitrogen and oxygen atoms in total. The Morgan fingerprint density at radius 3 is 2.53 bits per heavy atom. The lowest BCUT2D eigenvalue weighted by molar-refractivity contribution is -0.147. The van der Waals surface area contributed by atoms with Crippen LogP contribution in [0.25, 0.3) is 0 Å². The van der Waals surface area contributed by atoms with Crippen LogP contribution < -0.4 is 5.32 Å². The lowest BCUT2D eigenvalue weighted by Gasteiger charge is -2.25. The highest BCUT2D eigenvalue weighted by atomic mass is 79.9. The average Bonchev–Trinajstić information content (AvgIpc) is 2.26. The summed E-state index contributed by atoms with van der Waals surface area (Å²) >= 11 is 9.35. The Kier molecular flexibility index (Phi) is 3.81. The Labute approximate surface area is 112 Å². The fourth-order valence-corrected chi connectivity index (χ4v) is 2.34. The second kappa shape index (κ2) is 5.16. The fraction of sp³-hybridized carbons (Fsp3) is 0.273. The van der Waals surface area contributed by atoms with Gasteiger partial charge < -0.3 is 0 Å². The molecule has 0 unspecified atom stereocenters. The van der Waals surface area contributed by atoms with E-state index < -0.39 is 0 Å². The van der Waals surface area contributed by atoms with Crippen LogP contribution in [-0.2, 0) is 16.1 Å². The molecule has 2 amide bonds. The van der Waals surface area contributed by atoms with Gasteiger partial charge in [-0.15, -0.1) is 0 Å². The lowest BCUT2D eigenvalue weighted by atomic mass is 10.2. The Balaban J connectivity index is 2.19. The number of halogens is 2. The third-order valence-corrected chi connectivity index (χ3v) is 3.34. The molecule has 0 bridgehead atoms. The number of hydrogen-bond acceptors (Lipinski definition) is 3. The minimum atomic E-state index is -0.222. The van der Waals surface area contributed by atoms with Crippen molar-refractivity contribution in [2.45, 2.75) is 6.54 Å². The molecule has 0 spiro atoms. The van der Waals surface area contributed by atoms with Crippen LogP contribution >= 0.6 is 27.5 Å². The van der Waals surface area contributed by atoms with Gasteiger partial charge in [0, 0.05) is 9.50 Å². The molecular formula is C11H10BrClN2O2. The molecular weight excluding hydrogens is 307 g/mol. The summed E-state index contributed by atoms with van der Waals surface area (Å²) in [7, 11) is 0. The standard InChI is InChI=1S/C11H10BrClN2O2/c12-8-2-1-7(9(13)3-8)6-15-10(16)4-14-5-11(15)17/h1-3,14H,4-6H2. The number of carbonyl (C=O) groups excluding carboxylic acids is 2. The highest BCUT2D eigenvalue weighted by molar-refractivity contribution is 9.10. The summed E-state index contributed by atoms with van der Waals surface area (Å²) in [5, 5.41) is 3.28. The SMILES string of the molecule is O=C1CNCC(=O)N1Cc1ccc(Br)cc1Cl. The van der Waals surface area contributed by atoms with Crippen molar-refractivity contribution in [3.63, 3.8) is 0 Å². The van der Waals surface area contributed by atoms with E-state index in [-0.39, 0.29) is 31.4 Å². The third kappa shape index (κ3) is 2.86. The Morgan fingerprint density at radius 2 is 1.94 bits per heavy atom. The summed E-state index contributed by atoms with van der Waals surface area (Å²) in [4.78, 5) is 24.4. The topological polar surface area (TPSA) is 49.4 Å². The number of benzene rings is 1. The second-order valence-corrected chi connectivity index (χ2v) is 5.04. The molecule has 0 saturated carbocycles. The summed E-state index contributed by atoms with van der Waals surface area (Å²) in [5.74, 6) is -0.444. The van der Waals surface area contributed by atoms with E-state index in [4.69, 9.17) is 11.6 Å². The van der Waals surface area contributed by atoms with Crippen molar-refractivity contribution in [2.75, 3.05) is 13.1 Å². The molecule has 6 heteroatoms. The molecule has 1 aromatic rings. The Bertz CT molecular complexity index is 463.